The number of carbonyl (C=O) groups is 17. The smallest absolute Gasteiger partial charge is 0.305 e. The molecule has 42 nitrogen and oxygen atoms in total. The second kappa shape index (κ2) is 49.0. The standard InChI is InChI=1S/C72H105N21O21/c1-36(2)28-50(66(108)81-45(20-14-26-78-92-75)62(104)83-48(23-25-58(99)100)64(106)84-49(61(74)103)33-56(73)96)85-67(109)51(29-37(3)4)86-70(112)54(32-42-35-77-44-19-13-12-18-43(42)44)88-68(110)52(30-38(5)6)87-71(113)55(34-59(101)102)89-63(105)46(21-15-27-79-93-76)82-69(111)53(31-41-16-10-9-11-17-41)90-72(114)60(39(7)94)91-65(107)47(80-40(8)95)22-24-57(97)98/h9-13,16-19,35-39,45-55,60,77,94H,14-15,20-34H2,1-8H3,(H2,73,96)(H2,74,103)(H,80,95)(H,81,108)(H,82,111)(H,83,104)(H,84,106)(H,85,109)(H,86,112)(H,87,113)(H,88,110)(H,89,105)(H,90,114)(H,91,107)(H,97,98)(H,99,100)(H,101,102)/t39-,45+,46+,47+,48+,49+,50+,51+,52+,53+,54+,55+,60+/m1/s1. The van der Waals surface area contributed by atoms with Crippen LogP contribution in [0.4, 0.5) is 0 Å². The number of nitrogens with two attached hydrogens (primary N) is 2. The number of amides is 14. The van der Waals surface area contributed by atoms with Crippen molar-refractivity contribution in [3.05, 3.63) is 92.8 Å². The van der Waals surface area contributed by atoms with E-state index in [1.165, 1.54) is 0 Å². The highest BCUT2D eigenvalue weighted by Gasteiger charge is 2.39. The molecule has 1 heterocycles. The summed E-state index contributed by atoms with van der Waals surface area (Å²) in [5.41, 5.74) is 30.1. The van der Waals surface area contributed by atoms with Crippen molar-refractivity contribution in [2.75, 3.05) is 13.1 Å². The molecule has 3 aromatic rings. The number of fused-ring (bicyclic) bond motifs is 1. The zero-order valence-electron chi connectivity index (χ0n) is 64.6. The van der Waals surface area contributed by atoms with Crippen LogP contribution in [0.25, 0.3) is 31.8 Å². The van der Waals surface area contributed by atoms with Crippen LogP contribution in [-0.4, -0.2) is 218 Å². The van der Waals surface area contributed by atoms with Gasteiger partial charge in [-0.25, -0.2) is 0 Å². The minimum atomic E-state index is -2.04. The van der Waals surface area contributed by atoms with Gasteiger partial charge in [0.2, 0.25) is 82.7 Å². The molecule has 13 atom stereocenters. The Morgan fingerprint density at radius 1 is 0.421 bits per heavy atom. The lowest BCUT2D eigenvalue weighted by Crippen LogP contribution is -2.62. The monoisotopic (exact) mass is 1600 g/mol. The molecule has 1 aromatic heterocycles. The van der Waals surface area contributed by atoms with E-state index in [0.29, 0.717) is 22.0 Å². The van der Waals surface area contributed by atoms with Gasteiger partial charge < -0.3 is 101 Å². The molecule has 0 aliphatic rings. The maximum absolute atomic E-state index is 15.1. The first-order valence-electron chi connectivity index (χ1n) is 36.9. The third kappa shape index (κ3) is 35.3. The van der Waals surface area contributed by atoms with Gasteiger partial charge in [0.05, 0.1) is 18.9 Å². The number of carboxylic acid groups (broad SMARTS) is 3. The number of hydrogen-bond donors (Lipinski definition) is 19. The summed E-state index contributed by atoms with van der Waals surface area (Å²) < 4.78 is 0. The predicted molar refractivity (Wildman–Crippen MR) is 407 cm³/mol. The Labute approximate surface area is 655 Å². The van der Waals surface area contributed by atoms with Crippen molar-refractivity contribution in [3.63, 3.8) is 0 Å². The van der Waals surface area contributed by atoms with Crippen LogP contribution >= 0.6 is 0 Å². The molecule has 0 aliphatic heterocycles. The number of H-pyrrole nitrogens is 1. The molecule has 21 N–H and O–H groups in total. The summed E-state index contributed by atoms with van der Waals surface area (Å²) in [5.74, 6) is -20.5. The van der Waals surface area contributed by atoms with Crippen LogP contribution < -0.4 is 75.3 Å². The number of aromatic amines is 1. The summed E-state index contributed by atoms with van der Waals surface area (Å²) in [4.78, 5) is 238. The number of carbonyl (C=O) groups excluding carboxylic acids is 14. The first-order valence-corrected chi connectivity index (χ1v) is 36.9. The van der Waals surface area contributed by atoms with Crippen LogP contribution in [0, 0.1) is 17.8 Å². The van der Waals surface area contributed by atoms with Crippen molar-refractivity contribution in [3.8, 4) is 0 Å². The second-order valence-electron chi connectivity index (χ2n) is 28.5. The summed E-state index contributed by atoms with van der Waals surface area (Å²) in [6, 6.07) is -5.11. The Kier molecular flexibility index (Phi) is 41.2. The molecule has 14 amide bonds. The normalized spacial score (nSPS) is 14.5. The van der Waals surface area contributed by atoms with Crippen molar-refractivity contribution in [2.24, 2.45) is 39.4 Å². The fraction of sp³-hybridized carbons (Fsp3) is 0.569. The fourth-order valence-electron chi connectivity index (χ4n) is 11.8. The van der Waals surface area contributed by atoms with E-state index in [0.717, 1.165) is 13.8 Å². The lowest BCUT2D eigenvalue weighted by Gasteiger charge is -2.29. The SMILES string of the molecule is CC(=O)N[C@@H](CCC(=O)O)C(=O)N[C@H](C(=O)N[C@@H](Cc1ccccc1)C(=O)N[C@@H](CCCN=[N+]=[N-])C(=O)N[C@@H](CC(=O)O)C(=O)N[C@@H](CC(C)C)C(=O)N[C@@H](Cc1c[nH]c2ccccc12)C(=O)N[C@@H](CC(C)C)C(=O)N[C@@H](CC(C)C)C(=O)N[C@@H](CCCN=[N+]=[N-])C(=O)N[C@@H](CCC(=O)O)C(=O)N[C@@H](CC(N)=O)C(N)=O)[C@@H](C)O. The molecule has 42 heteroatoms. The Bertz CT molecular complexity index is 3970. The van der Waals surface area contributed by atoms with Gasteiger partial charge in [0.25, 0.3) is 0 Å². The van der Waals surface area contributed by atoms with Crippen molar-refractivity contribution in [2.45, 2.75) is 230 Å². The highest BCUT2D eigenvalue weighted by atomic mass is 16.4. The van der Waals surface area contributed by atoms with Gasteiger partial charge in [-0.05, 0) is 111 Å². The Morgan fingerprint density at radius 3 is 1.19 bits per heavy atom. The molecule has 0 unspecified atom stereocenters. The van der Waals surface area contributed by atoms with Crippen LogP contribution in [0.1, 0.15) is 150 Å². The van der Waals surface area contributed by atoms with E-state index >= 15 is 4.79 Å². The number of aliphatic hydroxyl groups excluding tert-OH is 1. The lowest BCUT2D eigenvalue weighted by atomic mass is 9.98. The zero-order valence-corrected chi connectivity index (χ0v) is 64.6. The van der Waals surface area contributed by atoms with Crippen molar-refractivity contribution in [1.29, 1.82) is 0 Å². The van der Waals surface area contributed by atoms with Gasteiger partial charge >= 0.3 is 17.9 Å². The molecule has 0 saturated carbocycles. The number of azide groups is 2. The fourth-order valence-corrected chi connectivity index (χ4v) is 11.8. The summed E-state index contributed by atoms with van der Waals surface area (Å²) in [6.07, 6.45) is -6.23. The van der Waals surface area contributed by atoms with Gasteiger partial charge in [-0.2, -0.15) is 0 Å². The molecule has 114 heavy (non-hydrogen) atoms. The lowest BCUT2D eigenvalue weighted by molar-refractivity contribution is -0.142. The first-order chi connectivity index (χ1) is 53.7. The van der Waals surface area contributed by atoms with E-state index in [-0.39, 0.29) is 82.7 Å². The number of carboxylic acids is 3. The van der Waals surface area contributed by atoms with Crippen molar-refractivity contribution in [1.82, 2.24) is 68.8 Å². The molecule has 0 fully saturated rings. The number of primary amides is 2. The van der Waals surface area contributed by atoms with Crippen LogP contribution in [0.2, 0.25) is 0 Å². The largest absolute Gasteiger partial charge is 0.481 e. The molecular formula is C72H105N21O21. The van der Waals surface area contributed by atoms with Crippen LogP contribution in [0.5, 0.6) is 0 Å². The summed E-state index contributed by atoms with van der Waals surface area (Å²) in [6.45, 7) is 11.9. The third-order valence-corrected chi connectivity index (χ3v) is 17.3. The molecule has 0 bridgehead atoms. The van der Waals surface area contributed by atoms with E-state index in [9.17, 15) is 97.1 Å². The molecule has 0 radical (unpaired) electrons. The molecule has 3 rings (SSSR count). The number of nitrogens with one attached hydrogen (secondary N) is 13. The number of hydrogen-bond acceptors (Lipinski definition) is 20. The average Bonchev–Trinajstić information content (AvgIpc) is 1.63. The number of aliphatic carboxylic acids is 3. The van der Waals surface area contributed by atoms with Crippen LogP contribution in [0.3, 0.4) is 0 Å². The van der Waals surface area contributed by atoms with E-state index in [4.69, 9.17) is 22.5 Å². The van der Waals surface area contributed by atoms with E-state index in [1.807, 2.05) is 0 Å². The molecule has 0 aliphatic carbocycles. The molecular weight excluding hydrogens is 1490 g/mol. The van der Waals surface area contributed by atoms with Gasteiger partial charge in [-0.3, -0.25) is 81.5 Å². The third-order valence-electron chi connectivity index (χ3n) is 17.3. The Morgan fingerprint density at radius 2 is 0.781 bits per heavy atom. The van der Waals surface area contributed by atoms with Crippen molar-refractivity contribution < 1.29 is 102 Å². The summed E-state index contributed by atoms with van der Waals surface area (Å²) in [5, 5.41) is 76.8. The minimum Gasteiger partial charge on any atom is -0.481 e. The average molecular weight is 1600 g/mol. The van der Waals surface area contributed by atoms with Crippen LogP contribution in [0.15, 0.2) is 71.0 Å². The maximum atomic E-state index is 15.1. The van der Waals surface area contributed by atoms with E-state index in [2.05, 4.69) is 88.8 Å². The summed E-state index contributed by atoms with van der Waals surface area (Å²) >= 11 is 0. The van der Waals surface area contributed by atoms with Gasteiger partial charge in [-0.1, -0.05) is 100 Å². The number of nitrogens with zero attached hydrogens (tertiary/aromatic N) is 6. The van der Waals surface area contributed by atoms with Gasteiger partial charge in [0.15, 0.2) is 0 Å². The molecule has 0 saturated heterocycles. The van der Waals surface area contributed by atoms with Crippen LogP contribution in [-0.2, 0) is 94.3 Å². The Balaban J connectivity index is 2.08. The van der Waals surface area contributed by atoms with Gasteiger partial charge in [0, 0.05) is 72.6 Å². The second-order valence-corrected chi connectivity index (χ2v) is 28.5. The molecule has 2 aromatic carbocycles. The van der Waals surface area contributed by atoms with E-state index in [1.54, 1.807) is 102 Å². The maximum Gasteiger partial charge on any atom is 0.305 e. The topological polar surface area (TPSA) is 681 Å². The summed E-state index contributed by atoms with van der Waals surface area (Å²) in [7, 11) is 0. The number of aromatic nitrogens is 1. The molecule has 0 spiro atoms. The predicted octanol–water partition coefficient (Wildman–Crippen LogP) is -0.944. The highest BCUT2D eigenvalue weighted by molar-refractivity contribution is 6.01. The number of para-hydroxylation sites is 1. The number of benzene rings is 2. The van der Waals surface area contributed by atoms with Gasteiger partial charge in [-0.15, -0.1) is 0 Å². The quantitative estimate of drug-likeness (QED) is 0.0140. The first kappa shape index (κ1) is 95.8. The number of aliphatic hydroxyl groups is 1. The Hall–Kier alpha value is -12.4. The number of rotatable bonds is 53. The van der Waals surface area contributed by atoms with Crippen molar-refractivity contribution >= 4 is 112 Å². The molecule has 624 valence electrons. The minimum absolute atomic E-state index is 0.0586. The van der Waals surface area contributed by atoms with E-state index < -0.39 is 224 Å². The zero-order chi connectivity index (χ0) is 85.5. The highest BCUT2D eigenvalue weighted by Crippen LogP contribution is 2.21. The van der Waals surface area contributed by atoms with Gasteiger partial charge in [0.1, 0.15) is 72.5 Å².